The molecule has 3 aromatic rings. The number of nitrogens with zero attached hydrogens (tertiary/aromatic N) is 4. The lowest BCUT2D eigenvalue weighted by Gasteiger charge is -2.24. The Morgan fingerprint density at radius 1 is 1.20 bits per heavy atom. The third kappa shape index (κ3) is 3.35. The van der Waals surface area contributed by atoms with Gasteiger partial charge in [-0.1, -0.05) is 18.2 Å². The zero-order chi connectivity index (χ0) is 17.1. The van der Waals surface area contributed by atoms with E-state index in [-0.39, 0.29) is 12.5 Å². The van der Waals surface area contributed by atoms with E-state index in [0.717, 1.165) is 11.4 Å². The van der Waals surface area contributed by atoms with E-state index in [2.05, 4.69) is 15.2 Å². The van der Waals surface area contributed by atoms with Crippen LogP contribution < -0.4 is 4.74 Å². The molecule has 0 aliphatic carbocycles. The summed E-state index contributed by atoms with van der Waals surface area (Å²) in [7, 11) is 0. The number of ether oxygens (including phenoxy) is 1. The Morgan fingerprint density at radius 3 is 2.88 bits per heavy atom. The maximum absolute atomic E-state index is 12.5. The second-order valence-electron chi connectivity index (χ2n) is 5.66. The molecule has 1 aliphatic heterocycles. The van der Waals surface area contributed by atoms with Crippen LogP contribution in [0.25, 0.3) is 0 Å². The summed E-state index contributed by atoms with van der Waals surface area (Å²) in [5, 5.41) is 7.62. The summed E-state index contributed by atoms with van der Waals surface area (Å²) < 4.78 is 11.4. The van der Waals surface area contributed by atoms with Crippen LogP contribution in [0.5, 0.6) is 5.75 Å². The molecule has 1 aromatic carbocycles. The first-order chi connectivity index (χ1) is 12.3. The summed E-state index contributed by atoms with van der Waals surface area (Å²) in [5.41, 5.74) is 1.22. The first-order valence-corrected chi connectivity index (χ1v) is 8.02. The van der Waals surface area contributed by atoms with Crippen LogP contribution in [0.1, 0.15) is 27.8 Å². The van der Waals surface area contributed by atoms with Gasteiger partial charge < -0.3 is 14.1 Å². The quantitative estimate of drug-likeness (QED) is 0.727. The minimum Gasteiger partial charge on any atom is -0.484 e. The van der Waals surface area contributed by atoms with Crippen LogP contribution in [0.15, 0.2) is 53.1 Å². The van der Waals surface area contributed by atoms with Crippen molar-refractivity contribution in [3.63, 3.8) is 0 Å². The predicted octanol–water partition coefficient (Wildman–Crippen LogP) is 2.24. The third-order valence-corrected chi connectivity index (χ3v) is 3.96. The molecule has 7 nitrogen and oxygen atoms in total. The first kappa shape index (κ1) is 15.3. The van der Waals surface area contributed by atoms with Crippen molar-refractivity contribution in [3.05, 3.63) is 71.7 Å². The fourth-order valence-electron chi connectivity index (χ4n) is 2.72. The van der Waals surface area contributed by atoms with Crippen LogP contribution in [-0.2, 0) is 19.6 Å². The zero-order valence-corrected chi connectivity index (χ0v) is 13.5. The van der Waals surface area contributed by atoms with Gasteiger partial charge in [0.2, 0.25) is 5.89 Å². The van der Waals surface area contributed by atoms with Gasteiger partial charge in [-0.2, -0.15) is 5.10 Å². The largest absolute Gasteiger partial charge is 0.484 e. The average Bonchev–Trinajstić information content (AvgIpc) is 3.09. The minimum absolute atomic E-state index is 0.155. The summed E-state index contributed by atoms with van der Waals surface area (Å²) >= 11 is 0. The molecule has 7 heteroatoms. The molecule has 1 amide bonds. The number of amides is 1. The number of benzene rings is 1. The minimum atomic E-state index is -0.155. The van der Waals surface area contributed by atoms with Crippen LogP contribution in [0.4, 0.5) is 0 Å². The van der Waals surface area contributed by atoms with Gasteiger partial charge in [0, 0.05) is 19.2 Å². The summed E-state index contributed by atoms with van der Waals surface area (Å²) in [6, 6.07) is 12.9. The Bertz CT molecular complexity index is 865. The molecule has 0 radical (unpaired) electrons. The maximum atomic E-state index is 12.5. The number of fused-ring (bicyclic) bond motifs is 1. The van der Waals surface area contributed by atoms with Crippen molar-refractivity contribution in [2.75, 3.05) is 6.54 Å². The highest BCUT2D eigenvalue weighted by Crippen LogP contribution is 2.22. The highest BCUT2D eigenvalue weighted by molar-refractivity contribution is 5.92. The summed E-state index contributed by atoms with van der Waals surface area (Å²) in [6.07, 6.45) is 2.19. The van der Waals surface area contributed by atoms with E-state index in [9.17, 15) is 4.79 Å². The van der Waals surface area contributed by atoms with Gasteiger partial charge in [-0.05, 0) is 24.3 Å². The van der Waals surface area contributed by atoms with Crippen molar-refractivity contribution in [3.8, 4) is 5.75 Å². The van der Waals surface area contributed by atoms with Crippen molar-refractivity contribution in [1.29, 1.82) is 0 Å². The van der Waals surface area contributed by atoms with Gasteiger partial charge in [-0.3, -0.25) is 4.79 Å². The number of carbonyl (C=O) groups excluding carboxylic acids is 1. The molecular weight excluding hydrogens is 320 g/mol. The Morgan fingerprint density at radius 2 is 2.08 bits per heavy atom. The molecule has 0 fully saturated rings. The summed E-state index contributed by atoms with van der Waals surface area (Å²) in [5.74, 6) is 1.83. The Kier molecular flexibility index (Phi) is 4.12. The van der Waals surface area contributed by atoms with Crippen LogP contribution in [-0.4, -0.2) is 32.5 Å². The number of rotatable bonds is 4. The van der Waals surface area contributed by atoms with Crippen molar-refractivity contribution >= 4 is 5.91 Å². The molecule has 0 bridgehead atoms. The number of oxazole rings is 1. The standard InChI is InChI=1S/C18H16N4O3/c23-18(15-7-4-9-19-21-15)22-10-8-14-16(11-22)25-17(20-14)12-24-13-5-2-1-3-6-13/h1-7,9H,8,10-12H2. The molecule has 126 valence electrons. The molecule has 0 spiro atoms. The van der Waals surface area contributed by atoms with E-state index in [1.807, 2.05) is 30.3 Å². The normalized spacial score (nSPS) is 13.4. The molecule has 0 saturated carbocycles. The molecule has 0 saturated heterocycles. The van der Waals surface area contributed by atoms with Gasteiger partial charge in [0.1, 0.15) is 11.5 Å². The fraction of sp³-hybridized carbons (Fsp3) is 0.222. The monoisotopic (exact) mass is 336 g/mol. The zero-order valence-electron chi connectivity index (χ0n) is 13.5. The van der Waals surface area contributed by atoms with Gasteiger partial charge in [-0.15, -0.1) is 5.10 Å². The highest BCUT2D eigenvalue weighted by atomic mass is 16.5. The van der Waals surface area contributed by atoms with Gasteiger partial charge in [0.15, 0.2) is 12.3 Å². The molecular formula is C18H16N4O3. The van der Waals surface area contributed by atoms with E-state index < -0.39 is 0 Å². The molecule has 4 rings (SSSR count). The van der Waals surface area contributed by atoms with Crippen LogP contribution >= 0.6 is 0 Å². The number of para-hydroxylation sites is 1. The van der Waals surface area contributed by atoms with Crippen LogP contribution in [0, 0.1) is 0 Å². The molecule has 0 atom stereocenters. The maximum Gasteiger partial charge on any atom is 0.274 e. The van der Waals surface area contributed by atoms with Crippen molar-refractivity contribution < 1.29 is 13.9 Å². The predicted molar refractivity (Wildman–Crippen MR) is 87.8 cm³/mol. The number of carbonyl (C=O) groups is 1. The van der Waals surface area contributed by atoms with Gasteiger partial charge >= 0.3 is 0 Å². The molecule has 3 heterocycles. The third-order valence-electron chi connectivity index (χ3n) is 3.96. The lowest BCUT2D eigenvalue weighted by atomic mass is 10.1. The molecule has 2 aromatic heterocycles. The van der Waals surface area contributed by atoms with Crippen molar-refractivity contribution in [2.24, 2.45) is 0 Å². The van der Waals surface area contributed by atoms with E-state index >= 15 is 0 Å². The van der Waals surface area contributed by atoms with Gasteiger partial charge in [-0.25, -0.2) is 4.98 Å². The molecule has 0 unspecified atom stereocenters. The van der Waals surface area contributed by atoms with Gasteiger partial charge in [0.05, 0.1) is 12.2 Å². The Labute approximate surface area is 144 Å². The Hall–Kier alpha value is -3.22. The SMILES string of the molecule is O=C(c1cccnn1)N1CCc2nc(COc3ccccc3)oc2C1. The molecule has 1 aliphatic rings. The van der Waals surface area contributed by atoms with E-state index in [0.29, 0.717) is 36.9 Å². The number of aromatic nitrogens is 3. The topological polar surface area (TPSA) is 81.4 Å². The summed E-state index contributed by atoms with van der Waals surface area (Å²) in [4.78, 5) is 18.6. The van der Waals surface area contributed by atoms with E-state index in [4.69, 9.17) is 9.15 Å². The Balaban J connectivity index is 1.43. The first-order valence-electron chi connectivity index (χ1n) is 8.02. The molecule has 0 N–H and O–H groups in total. The average molecular weight is 336 g/mol. The van der Waals surface area contributed by atoms with Gasteiger partial charge in [0.25, 0.3) is 5.91 Å². The second kappa shape index (κ2) is 6.72. The smallest absolute Gasteiger partial charge is 0.274 e. The lowest BCUT2D eigenvalue weighted by molar-refractivity contribution is 0.0711. The molecule has 25 heavy (non-hydrogen) atoms. The number of hydrogen-bond acceptors (Lipinski definition) is 6. The van der Waals surface area contributed by atoms with Crippen LogP contribution in [0.3, 0.4) is 0 Å². The number of hydrogen-bond donors (Lipinski definition) is 0. The van der Waals surface area contributed by atoms with Crippen molar-refractivity contribution in [1.82, 2.24) is 20.1 Å². The van der Waals surface area contributed by atoms with Crippen molar-refractivity contribution in [2.45, 2.75) is 19.6 Å². The van der Waals surface area contributed by atoms with E-state index in [1.165, 1.54) is 0 Å². The lowest BCUT2D eigenvalue weighted by Crippen LogP contribution is -2.36. The van der Waals surface area contributed by atoms with Crippen LogP contribution in [0.2, 0.25) is 0 Å². The second-order valence-corrected chi connectivity index (χ2v) is 5.66. The summed E-state index contributed by atoms with van der Waals surface area (Å²) in [6.45, 7) is 1.21. The van der Waals surface area contributed by atoms with E-state index in [1.54, 1.807) is 23.2 Å². The fourth-order valence-corrected chi connectivity index (χ4v) is 2.72. The highest BCUT2D eigenvalue weighted by Gasteiger charge is 2.27.